The van der Waals surface area contributed by atoms with Gasteiger partial charge in [0, 0.05) is 12.5 Å². The minimum atomic E-state index is -4.99. The fourth-order valence-electron chi connectivity index (χ4n) is 5.01. The van der Waals surface area contributed by atoms with Crippen molar-refractivity contribution in [1.29, 1.82) is 0 Å². The molecule has 3 nitrogen and oxygen atoms in total. The number of halogens is 9. The Morgan fingerprint density at radius 3 is 1.98 bits per heavy atom. The molecule has 3 rings (SSSR count). The molecule has 40 heavy (non-hydrogen) atoms. The summed E-state index contributed by atoms with van der Waals surface area (Å²) in [5, 5.41) is 9.30. The molecule has 1 aliphatic heterocycles. The average molecular weight is 582 g/mol. The number of hydrogen-bond donors (Lipinski definition) is 1. The molecule has 12 heteroatoms. The fourth-order valence-corrected chi connectivity index (χ4v) is 5.01. The first-order valence-electron chi connectivity index (χ1n) is 12.5. The number of aliphatic carboxylic acids is 1. The highest BCUT2D eigenvalue weighted by atomic mass is 19.4. The van der Waals surface area contributed by atoms with Gasteiger partial charge in [-0.25, -0.2) is 0 Å². The molecule has 1 fully saturated rings. The maximum Gasteiger partial charge on any atom is 0.416 e. The van der Waals surface area contributed by atoms with E-state index in [0.29, 0.717) is 18.2 Å². The standard InChI is InChI=1S/C28H28F9NO2/c1-16(2)3-10-23(21-15-20(27(32,33)34)8-9-22(21)28(35,36)37)38-12-11-17(14-25(39)40)13-24(38)18-4-6-19(7-5-18)26(29,30)31/h3-10,15-17,23-24H,11-14H2,1-2H3,(H,39,40)/t17-,23+,24-/m0/s1. The smallest absolute Gasteiger partial charge is 0.416 e. The van der Waals surface area contributed by atoms with Gasteiger partial charge in [0.2, 0.25) is 0 Å². The van der Waals surface area contributed by atoms with Crippen molar-refractivity contribution < 1.29 is 49.4 Å². The summed E-state index contributed by atoms with van der Waals surface area (Å²) in [5.41, 5.74) is -3.85. The van der Waals surface area contributed by atoms with Crippen LogP contribution in [0.25, 0.3) is 0 Å². The van der Waals surface area contributed by atoms with Crippen molar-refractivity contribution in [2.45, 2.75) is 63.7 Å². The van der Waals surface area contributed by atoms with Crippen molar-refractivity contribution in [2.24, 2.45) is 11.8 Å². The van der Waals surface area contributed by atoms with Crippen LogP contribution in [0.5, 0.6) is 0 Å². The first-order chi connectivity index (χ1) is 18.4. The zero-order valence-electron chi connectivity index (χ0n) is 21.5. The molecule has 0 aliphatic carbocycles. The third-order valence-corrected chi connectivity index (χ3v) is 6.88. The molecular formula is C28H28F9NO2. The van der Waals surface area contributed by atoms with E-state index in [1.165, 1.54) is 23.1 Å². The molecule has 3 atom stereocenters. The molecule has 1 saturated heterocycles. The average Bonchev–Trinajstić information content (AvgIpc) is 2.82. The first-order valence-corrected chi connectivity index (χ1v) is 12.5. The number of hydrogen-bond acceptors (Lipinski definition) is 2. The second-order valence-electron chi connectivity index (χ2n) is 10.2. The molecule has 1 heterocycles. The number of allylic oxidation sites excluding steroid dienone is 1. The minimum Gasteiger partial charge on any atom is -0.481 e. The lowest BCUT2D eigenvalue weighted by Gasteiger charge is -2.44. The van der Waals surface area contributed by atoms with E-state index in [2.05, 4.69) is 0 Å². The van der Waals surface area contributed by atoms with Gasteiger partial charge in [0.25, 0.3) is 0 Å². The number of carbonyl (C=O) groups is 1. The largest absolute Gasteiger partial charge is 0.481 e. The SMILES string of the molecule is CC(C)C=C[C@H](c1cc(C(F)(F)F)ccc1C(F)(F)F)N1CC[C@H](CC(=O)O)C[C@H]1c1ccc(C(F)(F)F)cc1. The van der Waals surface area contributed by atoms with Crippen LogP contribution in [0, 0.1) is 11.8 Å². The highest BCUT2D eigenvalue weighted by Gasteiger charge is 2.42. The number of alkyl halides is 9. The highest BCUT2D eigenvalue weighted by Crippen LogP contribution is 2.46. The van der Waals surface area contributed by atoms with Crippen LogP contribution in [-0.4, -0.2) is 22.5 Å². The summed E-state index contributed by atoms with van der Waals surface area (Å²) < 4.78 is 123. The van der Waals surface area contributed by atoms with E-state index < -0.39 is 64.8 Å². The number of carboxylic acid groups (broad SMARTS) is 1. The number of carboxylic acids is 1. The van der Waals surface area contributed by atoms with Gasteiger partial charge in [-0.2, -0.15) is 39.5 Å². The summed E-state index contributed by atoms with van der Waals surface area (Å²) in [5.74, 6) is -1.74. The van der Waals surface area contributed by atoms with E-state index in [1.54, 1.807) is 19.9 Å². The molecule has 2 aromatic carbocycles. The monoisotopic (exact) mass is 581 g/mol. The highest BCUT2D eigenvalue weighted by molar-refractivity contribution is 5.67. The Kier molecular flexibility index (Phi) is 9.33. The van der Waals surface area contributed by atoms with E-state index >= 15 is 0 Å². The van der Waals surface area contributed by atoms with Crippen LogP contribution in [0.15, 0.2) is 54.6 Å². The lowest BCUT2D eigenvalue weighted by atomic mass is 9.82. The molecule has 0 unspecified atom stereocenters. The van der Waals surface area contributed by atoms with Crippen LogP contribution in [0.2, 0.25) is 0 Å². The number of nitrogens with zero attached hydrogens (tertiary/aromatic N) is 1. The first kappa shape index (κ1) is 31.5. The summed E-state index contributed by atoms with van der Waals surface area (Å²) >= 11 is 0. The van der Waals surface area contributed by atoms with Gasteiger partial charge >= 0.3 is 24.5 Å². The van der Waals surface area contributed by atoms with Gasteiger partial charge < -0.3 is 5.11 Å². The second-order valence-corrected chi connectivity index (χ2v) is 10.2. The number of benzene rings is 2. The van der Waals surface area contributed by atoms with Gasteiger partial charge in [0.1, 0.15) is 0 Å². The Morgan fingerprint density at radius 1 is 0.900 bits per heavy atom. The van der Waals surface area contributed by atoms with Crippen molar-refractivity contribution >= 4 is 5.97 Å². The van der Waals surface area contributed by atoms with Crippen LogP contribution < -0.4 is 0 Å². The van der Waals surface area contributed by atoms with Crippen molar-refractivity contribution in [1.82, 2.24) is 4.90 Å². The van der Waals surface area contributed by atoms with Crippen LogP contribution in [0.3, 0.4) is 0 Å². The van der Waals surface area contributed by atoms with Gasteiger partial charge in [-0.15, -0.1) is 0 Å². The molecule has 220 valence electrons. The van der Waals surface area contributed by atoms with E-state index in [1.807, 2.05) is 0 Å². The van der Waals surface area contributed by atoms with Crippen molar-refractivity contribution in [2.75, 3.05) is 6.54 Å². The second kappa shape index (κ2) is 11.8. The predicted octanol–water partition coefficient (Wildman–Crippen LogP) is 8.92. The molecule has 0 bridgehead atoms. The van der Waals surface area contributed by atoms with Crippen LogP contribution in [0.4, 0.5) is 39.5 Å². The zero-order chi connectivity index (χ0) is 30.0. The van der Waals surface area contributed by atoms with E-state index in [0.717, 1.165) is 12.1 Å². The quantitative estimate of drug-likeness (QED) is 0.262. The number of piperidine rings is 1. The number of likely N-dealkylation sites (tertiary alicyclic amines) is 1. The van der Waals surface area contributed by atoms with Crippen molar-refractivity contribution in [3.8, 4) is 0 Å². The molecule has 0 spiro atoms. The maximum absolute atomic E-state index is 14.1. The minimum absolute atomic E-state index is 0.00425. The molecule has 0 amide bonds. The van der Waals surface area contributed by atoms with Gasteiger partial charge in [0.05, 0.1) is 22.7 Å². The summed E-state index contributed by atoms with van der Waals surface area (Å²) in [6.07, 6.45) is -11.6. The van der Waals surface area contributed by atoms with Crippen LogP contribution in [-0.2, 0) is 23.3 Å². The Bertz CT molecular complexity index is 1200. The molecule has 0 saturated carbocycles. The Labute approximate surface area is 225 Å². The van der Waals surface area contributed by atoms with E-state index in [4.69, 9.17) is 0 Å². The van der Waals surface area contributed by atoms with Gasteiger partial charge in [-0.05, 0) is 72.7 Å². The summed E-state index contributed by atoms with van der Waals surface area (Å²) in [6.45, 7) is 3.47. The lowest BCUT2D eigenvalue weighted by Crippen LogP contribution is -2.40. The van der Waals surface area contributed by atoms with E-state index in [-0.39, 0.29) is 37.3 Å². The third-order valence-electron chi connectivity index (χ3n) is 6.88. The Morgan fingerprint density at radius 2 is 1.48 bits per heavy atom. The number of rotatable bonds is 7. The normalized spacial score (nSPS) is 20.3. The third kappa shape index (κ3) is 7.80. The molecular weight excluding hydrogens is 553 g/mol. The molecule has 1 aliphatic rings. The Hall–Kier alpha value is -3.02. The summed E-state index contributed by atoms with van der Waals surface area (Å²) in [4.78, 5) is 12.9. The predicted molar refractivity (Wildman–Crippen MR) is 129 cm³/mol. The van der Waals surface area contributed by atoms with Crippen LogP contribution >= 0.6 is 0 Å². The molecule has 0 aromatic heterocycles. The van der Waals surface area contributed by atoms with Gasteiger partial charge in [-0.1, -0.05) is 38.1 Å². The summed E-state index contributed by atoms with van der Waals surface area (Å²) in [6, 6.07) is 2.99. The lowest BCUT2D eigenvalue weighted by molar-refractivity contribution is -0.142. The Balaban J connectivity index is 2.21. The topological polar surface area (TPSA) is 40.5 Å². The zero-order valence-corrected chi connectivity index (χ0v) is 21.5. The molecule has 1 N–H and O–H groups in total. The maximum atomic E-state index is 14.1. The van der Waals surface area contributed by atoms with Gasteiger partial charge in [-0.3, -0.25) is 9.69 Å². The summed E-state index contributed by atoms with van der Waals surface area (Å²) in [7, 11) is 0. The van der Waals surface area contributed by atoms with E-state index in [9.17, 15) is 49.4 Å². The fraction of sp³-hybridized carbons (Fsp3) is 0.464. The van der Waals surface area contributed by atoms with Crippen molar-refractivity contribution in [3.63, 3.8) is 0 Å². The molecule has 0 radical (unpaired) electrons. The van der Waals surface area contributed by atoms with Gasteiger partial charge in [0.15, 0.2) is 0 Å². The van der Waals surface area contributed by atoms with Crippen molar-refractivity contribution in [3.05, 3.63) is 82.4 Å². The van der Waals surface area contributed by atoms with Crippen LogP contribution in [0.1, 0.15) is 73.0 Å². The molecule has 2 aromatic rings.